The zero-order valence-corrected chi connectivity index (χ0v) is 19.2. The summed E-state index contributed by atoms with van der Waals surface area (Å²) in [4.78, 5) is 26.2. The Hall–Kier alpha value is -3.50. The third kappa shape index (κ3) is 4.27. The Morgan fingerprint density at radius 3 is 2.48 bits per heavy atom. The Kier molecular flexibility index (Phi) is 6.05. The number of nitrogens with zero attached hydrogens (tertiary/aromatic N) is 3. The van der Waals surface area contributed by atoms with Gasteiger partial charge >= 0.3 is 0 Å². The van der Waals surface area contributed by atoms with E-state index >= 15 is 0 Å². The van der Waals surface area contributed by atoms with Gasteiger partial charge in [-0.25, -0.2) is 18.2 Å². The number of hydrogen-bond acceptors (Lipinski definition) is 5. The van der Waals surface area contributed by atoms with E-state index in [-0.39, 0.29) is 16.4 Å². The molecule has 0 saturated carbocycles. The molecule has 3 N–H and O–H groups in total. The predicted molar refractivity (Wildman–Crippen MR) is 126 cm³/mol. The maximum Gasteiger partial charge on any atom is 0.291 e. The number of carbonyl (C=O) groups is 1. The summed E-state index contributed by atoms with van der Waals surface area (Å²) >= 11 is 0. The molecule has 1 unspecified atom stereocenters. The van der Waals surface area contributed by atoms with Crippen molar-refractivity contribution in [2.75, 3.05) is 6.54 Å². The first-order chi connectivity index (χ1) is 15.7. The van der Waals surface area contributed by atoms with Crippen molar-refractivity contribution in [2.24, 2.45) is 12.2 Å². The average Bonchev–Trinajstić information content (AvgIpc) is 3.12. The number of amides is 1. The number of para-hydroxylation sites is 1. The Morgan fingerprint density at radius 1 is 1.12 bits per heavy atom. The number of nitrogens with two attached hydrogens (primary N) is 1. The molecule has 9 nitrogen and oxygen atoms in total. The third-order valence-electron chi connectivity index (χ3n) is 5.77. The van der Waals surface area contributed by atoms with E-state index in [0.29, 0.717) is 24.9 Å². The zero-order chi connectivity index (χ0) is 23.8. The number of rotatable bonds is 7. The molecule has 0 aliphatic rings. The smallest absolute Gasteiger partial charge is 0.291 e. The first-order valence-corrected chi connectivity index (χ1v) is 12.1. The molecule has 1 atom stereocenters. The van der Waals surface area contributed by atoms with Crippen molar-refractivity contribution >= 4 is 37.7 Å². The number of nitrogens with one attached hydrogen (secondary N) is 1. The van der Waals surface area contributed by atoms with Crippen LogP contribution >= 0.6 is 0 Å². The van der Waals surface area contributed by atoms with Gasteiger partial charge in [-0.2, -0.15) is 5.10 Å². The lowest BCUT2D eigenvalue weighted by molar-refractivity contribution is -0.124. The monoisotopic (exact) mass is 467 g/mol. The van der Waals surface area contributed by atoms with Crippen molar-refractivity contribution in [2.45, 2.75) is 30.7 Å². The topological polar surface area (TPSA) is 129 Å². The van der Waals surface area contributed by atoms with E-state index in [9.17, 15) is 18.0 Å². The van der Waals surface area contributed by atoms with Gasteiger partial charge in [0.25, 0.3) is 5.56 Å². The molecule has 4 rings (SSSR count). The fraction of sp³-hybridized carbons (Fsp3) is 0.261. The van der Waals surface area contributed by atoms with Gasteiger partial charge in [0, 0.05) is 24.4 Å². The van der Waals surface area contributed by atoms with Crippen LogP contribution in [0.4, 0.5) is 0 Å². The van der Waals surface area contributed by atoms with E-state index in [1.807, 2.05) is 35.8 Å². The summed E-state index contributed by atoms with van der Waals surface area (Å²) in [6.45, 7) is 2.27. The molecule has 0 aliphatic heterocycles. The molecule has 0 saturated heterocycles. The van der Waals surface area contributed by atoms with Crippen LogP contribution in [0.2, 0.25) is 0 Å². The molecule has 2 aromatic heterocycles. The number of benzene rings is 2. The number of fused-ring (bicyclic) bond motifs is 3. The van der Waals surface area contributed by atoms with Crippen LogP contribution in [-0.2, 0) is 28.3 Å². The fourth-order valence-corrected chi connectivity index (χ4v) is 4.61. The van der Waals surface area contributed by atoms with Crippen LogP contribution in [0.1, 0.15) is 24.9 Å². The minimum absolute atomic E-state index is 0.0452. The van der Waals surface area contributed by atoms with Gasteiger partial charge < -0.3 is 9.88 Å². The molecule has 0 radical (unpaired) electrons. The van der Waals surface area contributed by atoms with Gasteiger partial charge in [0.1, 0.15) is 11.6 Å². The van der Waals surface area contributed by atoms with Crippen molar-refractivity contribution < 1.29 is 13.2 Å². The highest BCUT2D eigenvalue weighted by molar-refractivity contribution is 7.89. The van der Waals surface area contributed by atoms with Gasteiger partial charge in [-0.15, -0.1) is 0 Å². The molecule has 2 heterocycles. The quantitative estimate of drug-likeness (QED) is 0.429. The Bertz CT molecular complexity index is 1500. The van der Waals surface area contributed by atoms with Gasteiger partial charge in [-0.1, -0.05) is 37.3 Å². The number of sulfonamides is 1. The molecule has 10 heteroatoms. The van der Waals surface area contributed by atoms with Gasteiger partial charge in [0.05, 0.1) is 16.6 Å². The lowest BCUT2D eigenvalue weighted by Crippen LogP contribution is -2.34. The maximum atomic E-state index is 13.2. The molecular formula is C23H25N5O4S. The van der Waals surface area contributed by atoms with E-state index < -0.39 is 16.1 Å². The number of aryl methyl sites for hydroxylation is 1. The third-order valence-corrected chi connectivity index (χ3v) is 6.70. The maximum absolute atomic E-state index is 13.2. The van der Waals surface area contributed by atoms with Gasteiger partial charge in [0.2, 0.25) is 15.9 Å². The largest absolute Gasteiger partial charge is 0.354 e. The minimum atomic E-state index is -3.74. The molecule has 0 aliphatic carbocycles. The Balaban J connectivity index is 1.60. The van der Waals surface area contributed by atoms with E-state index in [1.54, 1.807) is 25.4 Å². The standard InChI is InChI=1S/C23H25N5O4S/c1-3-19(22(29)25-13-12-15-8-10-16(11-9-15)33(24,31)32)28-20-7-5-4-6-17(20)18-14-26-27(2)23(30)21(18)28/h4-11,14,19H,3,12-13H2,1-2H3,(H,25,29)(H2,24,31,32). The summed E-state index contributed by atoms with van der Waals surface area (Å²) < 4.78 is 25.9. The van der Waals surface area contributed by atoms with E-state index in [1.165, 1.54) is 16.8 Å². The second-order valence-corrected chi connectivity index (χ2v) is 9.44. The predicted octanol–water partition coefficient (Wildman–Crippen LogP) is 1.85. The van der Waals surface area contributed by atoms with Gasteiger partial charge in [-0.3, -0.25) is 9.59 Å². The van der Waals surface area contributed by atoms with Crippen molar-refractivity contribution in [3.05, 3.63) is 70.6 Å². The normalized spacial score (nSPS) is 12.8. The van der Waals surface area contributed by atoms with Crippen LogP contribution in [0.5, 0.6) is 0 Å². The Morgan fingerprint density at radius 2 is 1.82 bits per heavy atom. The zero-order valence-electron chi connectivity index (χ0n) is 18.4. The van der Waals surface area contributed by atoms with E-state index in [2.05, 4.69) is 10.4 Å². The lowest BCUT2D eigenvalue weighted by atomic mass is 10.1. The fourth-order valence-electron chi connectivity index (χ4n) is 4.09. The SMILES string of the molecule is CCC(C(=O)NCCc1ccc(S(N)(=O)=O)cc1)n1c2ccccc2c2cnn(C)c(=O)c21. The van der Waals surface area contributed by atoms with Crippen LogP contribution in [-0.4, -0.2) is 35.2 Å². The highest BCUT2D eigenvalue weighted by atomic mass is 32.2. The number of primary sulfonamides is 1. The molecule has 0 fully saturated rings. The number of aromatic nitrogens is 3. The summed E-state index contributed by atoms with van der Waals surface area (Å²) in [6, 6.07) is 13.3. The second-order valence-electron chi connectivity index (χ2n) is 7.88. The molecule has 2 aromatic carbocycles. The summed E-state index contributed by atoms with van der Waals surface area (Å²) in [5.41, 5.74) is 1.87. The number of carbonyl (C=O) groups excluding carboxylic acids is 1. The summed E-state index contributed by atoms with van der Waals surface area (Å²) in [7, 11) is -2.15. The van der Waals surface area contributed by atoms with Crippen molar-refractivity contribution in [1.29, 1.82) is 0 Å². The van der Waals surface area contributed by atoms with E-state index in [4.69, 9.17) is 5.14 Å². The van der Waals surface area contributed by atoms with Crippen LogP contribution in [0.15, 0.2) is 64.4 Å². The van der Waals surface area contributed by atoms with Crippen LogP contribution in [0.25, 0.3) is 21.8 Å². The van der Waals surface area contributed by atoms with Crippen LogP contribution in [0.3, 0.4) is 0 Å². The van der Waals surface area contributed by atoms with E-state index in [0.717, 1.165) is 21.9 Å². The average molecular weight is 468 g/mol. The summed E-state index contributed by atoms with van der Waals surface area (Å²) in [5.74, 6) is -0.194. The van der Waals surface area contributed by atoms with Gasteiger partial charge in [0.15, 0.2) is 0 Å². The molecular weight excluding hydrogens is 442 g/mol. The first kappa shape index (κ1) is 22.7. The van der Waals surface area contributed by atoms with Crippen molar-refractivity contribution in [1.82, 2.24) is 19.7 Å². The van der Waals surface area contributed by atoms with Crippen LogP contribution in [0, 0.1) is 0 Å². The molecule has 1 amide bonds. The molecule has 0 spiro atoms. The molecule has 4 aromatic rings. The molecule has 0 bridgehead atoms. The van der Waals surface area contributed by atoms with Crippen molar-refractivity contribution in [3.8, 4) is 0 Å². The van der Waals surface area contributed by atoms with Gasteiger partial charge in [-0.05, 0) is 36.6 Å². The lowest BCUT2D eigenvalue weighted by Gasteiger charge is -2.19. The second kappa shape index (κ2) is 8.80. The van der Waals surface area contributed by atoms with Crippen molar-refractivity contribution in [3.63, 3.8) is 0 Å². The Labute approximate surface area is 190 Å². The minimum Gasteiger partial charge on any atom is -0.354 e. The molecule has 172 valence electrons. The molecule has 33 heavy (non-hydrogen) atoms. The first-order valence-electron chi connectivity index (χ1n) is 10.6. The highest BCUT2D eigenvalue weighted by Crippen LogP contribution is 2.30. The highest BCUT2D eigenvalue weighted by Gasteiger charge is 2.25. The summed E-state index contributed by atoms with van der Waals surface area (Å²) in [6.07, 6.45) is 2.67. The number of hydrogen-bond donors (Lipinski definition) is 2. The van der Waals surface area contributed by atoms with Crippen LogP contribution < -0.4 is 16.0 Å². The summed E-state index contributed by atoms with van der Waals surface area (Å²) in [5, 5.41) is 13.8.